The van der Waals surface area contributed by atoms with E-state index >= 15 is 0 Å². The van der Waals surface area contributed by atoms with Crippen LogP contribution in [-0.4, -0.2) is 27.2 Å². The maximum Gasteiger partial charge on any atom is 0.238 e. The molecule has 0 bridgehead atoms. The van der Waals surface area contributed by atoms with Crippen molar-refractivity contribution in [2.75, 3.05) is 13.4 Å². The van der Waals surface area contributed by atoms with Crippen LogP contribution in [0.1, 0.15) is 11.1 Å². The Morgan fingerprint density at radius 1 is 1.12 bits per heavy atom. The minimum Gasteiger partial charge on any atom is -0.494 e. The first-order chi connectivity index (χ1) is 11.8. The van der Waals surface area contributed by atoms with Crippen LogP contribution < -0.4 is 14.6 Å². The third-order valence-electron chi connectivity index (χ3n) is 3.76. The number of methoxy groups -OCH3 is 1. The lowest BCUT2D eigenvalue weighted by molar-refractivity contribution is 0.386. The summed E-state index contributed by atoms with van der Waals surface area (Å²) in [7, 11) is -2.53. The van der Waals surface area contributed by atoms with Crippen LogP contribution in [0.15, 0.2) is 47.4 Å². The lowest BCUT2D eigenvalue weighted by Gasteiger charge is -2.11. The maximum absolute atomic E-state index is 14.1. The number of rotatable bonds is 4. The predicted octanol–water partition coefficient (Wildman–Crippen LogP) is 2.57. The van der Waals surface area contributed by atoms with E-state index in [1.54, 1.807) is 24.3 Å². The van der Waals surface area contributed by atoms with Gasteiger partial charge in [-0.15, -0.1) is 0 Å². The minimum absolute atomic E-state index is 0.0512. The second-order valence-corrected chi connectivity index (χ2v) is 8.60. The van der Waals surface area contributed by atoms with E-state index in [0.717, 1.165) is 16.8 Å². The van der Waals surface area contributed by atoms with E-state index in [1.165, 1.54) is 25.3 Å². The molecule has 0 radical (unpaired) electrons. The number of nitrogens with two attached hydrogens (primary N) is 1. The molecule has 1 aliphatic rings. The molecule has 0 aromatic heterocycles. The van der Waals surface area contributed by atoms with Crippen molar-refractivity contribution in [3.63, 3.8) is 0 Å². The number of hydrogen-bond acceptors (Lipinski definition) is 4. The van der Waals surface area contributed by atoms with Gasteiger partial charge in [0.2, 0.25) is 10.0 Å². The van der Waals surface area contributed by atoms with Crippen LogP contribution in [0.3, 0.4) is 0 Å². The molecule has 132 valence electrons. The van der Waals surface area contributed by atoms with E-state index in [1.807, 2.05) is 11.6 Å². The number of primary sulfonamides is 1. The van der Waals surface area contributed by atoms with Crippen LogP contribution in [-0.2, 0) is 10.0 Å². The first-order valence-corrected chi connectivity index (χ1v) is 10.5. The van der Waals surface area contributed by atoms with Crippen molar-refractivity contribution < 1.29 is 17.5 Å². The average Bonchev–Trinajstić information content (AvgIpc) is 2.96. The zero-order valence-corrected chi connectivity index (χ0v) is 15.2. The van der Waals surface area contributed by atoms with Gasteiger partial charge in [-0.1, -0.05) is 22.8 Å². The van der Waals surface area contributed by atoms with E-state index in [-0.39, 0.29) is 21.3 Å². The number of nitrogens with one attached hydrogen (secondary N) is 1. The Kier molecular flexibility index (Phi) is 4.68. The molecule has 0 saturated carbocycles. The molecule has 0 spiro atoms. The fraction of sp³-hybridized carbons (Fsp3) is 0.118. The van der Waals surface area contributed by atoms with Crippen LogP contribution in [0.2, 0.25) is 0 Å². The quantitative estimate of drug-likeness (QED) is 0.799. The van der Waals surface area contributed by atoms with Crippen molar-refractivity contribution in [2.45, 2.75) is 4.90 Å². The van der Waals surface area contributed by atoms with E-state index in [4.69, 9.17) is 9.88 Å². The number of allylic oxidation sites excluding steroid dienone is 1. The third kappa shape index (κ3) is 3.60. The molecule has 0 fully saturated rings. The molecule has 1 unspecified atom stereocenters. The monoisotopic (exact) mass is 380 g/mol. The van der Waals surface area contributed by atoms with Gasteiger partial charge < -0.3 is 9.46 Å². The number of halogens is 1. The lowest BCUT2D eigenvalue weighted by Crippen LogP contribution is -2.11. The summed E-state index contributed by atoms with van der Waals surface area (Å²) < 4.78 is 45.1. The molecule has 25 heavy (non-hydrogen) atoms. The minimum atomic E-state index is -3.74. The molecule has 0 amide bonds. The molecule has 1 aliphatic heterocycles. The largest absolute Gasteiger partial charge is 0.494 e. The molecular weight excluding hydrogens is 363 g/mol. The van der Waals surface area contributed by atoms with Crippen LogP contribution in [0.25, 0.3) is 11.3 Å². The molecule has 1 heterocycles. The van der Waals surface area contributed by atoms with E-state index in [9.17, 15) is 12.8 Å². The van der Waals surface area contributed by atoms with Crippen molar-refractivity contribution in [3.8, 4) is 5.75 Å². The Balaban J connectivity index is 2.07. The second kappa shape index (κ2) is 6.62. The lowest BCUT2D eigenvalue weighted by atomic mass is 10.0. The number of benzene rings is 2. The first-order valence-electron chi connectivity index (χ1n) is 7.27. The molecule has 2 aromatic rings. The van der Waals surface area contributed by atoms with Gasteiger partial charge >= 0.3 is 0 Å². The Morgan fingerprint density at radius 3 is 2.32 bits per heavy atom. The van der Waals surface area contributed by atoms with E-state index in [0.29, 0.717) is 5.56 Å². The van der Waals surface area contributed by atoms with Crippen molar-refractivity contribution in [1.29, 1.82) is 0 Å². The summed E-state index contributed by atoms with van der Waals surface area (Å²) in [5, 5.41) is 7.16. The SMILES string of the molecule is COc1ccc(C2=C(c3ccc(S(N)(=O)=O)cc3)C=S(C)N2)cc1F. The molecule has 3 rings (SSSR count). The van der Waals surface area contributed by atoms with Crippen LogP contribution in [0.4, 0.5) is 4.39 Å². The molecule has 5 nitrogen and oxygen atoms in total. The van der Waals surface area contributed by atoms with Gasteiger partial charge in [0.05, 0.1) is 17.7 Å². The molecule has 2 aromatic carbocycles. The zero-order chi connectivity index (χ0) is 18.2. The zero-order valence-electron chi connectivity index (χ0n) is 13.6. The van der Waals surface area contributed by atoms with Gasteiger partial charge in [0.25, 0.3) is 0 Å². The van der Waals surface area contributed by atoms with Gasteiger partial charge in [0.1, 0.15) is 0 Å². The van der Waals surface area contributed by atoms with Crippen molar-refractivity contribution in [2.24, 2.45) is 5.14 Å². The van der Waals surface area contributed by atoms with Crippen LogP contribution in [0.5, 0.6) is 5.75 Å². The highest BCUT2D eigenvalue weighted by Gasteiger charge is 2.18. The first kappa shape index (κ1) is 17.7. The number of hydrogen-bond donors (Lipinski definition) is 2. The highest BCUT2D eigenvalue weighted by molar-refractivity contribution is 8.14. The summed E-state index contributed by atoms with van der Waals surface area (Å²) in [6.07, 6.45) is 2.01. The average molecular weight is 380 g/mol. The number of sulfonamides is 1. The van der Waals surface area contributed by atoms with E-state index in [2.05, 4.69) is 4.72 Å². The molecular formula is C17H17FN2O3S2. The normalized spacial score (nSPS) is 17.2. The summed E-state index contributed by atoms with van der Waals surface area (Å²) >= 11 is 0. The molecule has 3 N–H and O–H groups in total. The summed E-state index contributed by atoms with van der Waals surface area (Å²) in [6, 6.07) is 11.1. The van der Waals surface area contributed by atoms with Crippen LogP contribution in [0, 0.1) is 5.82 Å². The smallest absolute Gasteiger partial charge is 0.238 e. The Hall–Kier alpha value is -2.16. The second-order valence-electron chi connectivity index (χ2n) is 5.48. The van der Waals surface area contributed by atoms with Crippen molar-refractivity contribution in [1.82, 2.24) is 4.72 Å². The molecule has 0 saturated heterocycles. The summed E-state index contributed by atoms with van der Waals surface area (Å²) in [5.41, 5.74) is 3.19. The Morgan fingerprint density at radius 2 is 1.76 bits per heavy atom. The van der Waals surface area contributed by atoms with Gasteiger partial charge in [-0.25, -0.2) is 17.9 Å². The van der Waals surface area contributed by atoms with Crippen molar-refractivity contribution >= 4 is 37.3 Å². The van der Waals surface area contributed by atoms with Gasteiger partial charge in [-0.2, -0.15) is 0 Å². The van der Waals surface area contributed by atoms with Gasteiger partial charge in [0, 0.05) is 11.1 Å². The molecule has 1 atom stereocenters. The molecule has 0 aliphatic carbocycles. The number of ether oxygens (including phenoxy) is 1. The standard InChI is InChI=1S/C17H17FN2O3S2/c1-23-16-8-5-12(9-15(16)18)17-14(10-24(2)20-17)11-3-6-13(7-4-11)25(19,21)22/h3-10,20H,1-2H3,(H2,19,21,22). The summed E-state index contributed by atoms with van der Waals surface area (Å²) in [6.45, 7) is 0. The fourth-order valence-electron chi connectivity index (χ4n) is 2.55. The van der Waals surface area contributed by atoms with Gasteiger partial charge in [0.15, 0.2) is 11.6 Å². The van der Waals surface area contributed by atoms with Crippen LogP contribution >= 0.6 is 10.7 Å². The predicted molar refractivity (Wildman–Crippen MR) is 100 cm³/mol. The van der Waals surface area contributed by atoms with Gasteiger partial charge in [-0.05, 0) is 47.5 Å². The highest BCUT2D eigenvalue weighted by atomic mass is 32.2. The third-order valence-corrected chi connectivity index (χ3v) is 5.81. The summed E-state index contributed by atoms with van der Waals surface area (Å²) in [5.74, 6) is -0.262. The topological polar surface area (TPSA) is 81.4 Å². The molecule has 8 heteroatoms. The van der Waals surface area contributed by atoms with Gasteiger partial charge in [-0.3, -0.25) is 0 Å². The Bertz CT molecular complexity index is 997. The highest BCUT2D eigenvalue weighted by Crippen LogP contribution is 2.34. The fourth-order valence-corrected chi connectivity index (χ4v) is 4.29. The Labute approximate surface area is 148 Å². The van der Waals surface area contributed by atoms with E-state index < -0.39 is 15.8 Å². The van der Waals surface area contributed by atoms with Crippen molar-refractivity contribution in [3.05, 3.63) is 59.4 Å². The summed E-state index contributed by atoms with van der Waals surface area (Å²) in [4.78, 5) is 0.0512. The maximum atomic E-state index is 14.1.